The first-order chi connectivity index (χ1) is 14.4. The number of benzene rings is 2. The van der Waals surface area contributed by atoms with Crippen LogP contribution in [0.15, 0.2) is 36.4 Å². The first-order valence-electron chi connectivity index (χ1n) is 10.6. The van der Waals surface area contributed by atoms with Gasteiger partial charge in [0.15, 0.2) is 0 Å². The van der Waals surface area contributed by atoms with E-state index in [0.717, 1.165) is 48.1 Å². The Morgan fingerprint density at radius 3 is 2.32 bits per heavy atom. The molecule has 1 fully saturated rings. The van der Waals surface area contributed by atoms with Gasteiger partial charge in [0.1, 0.15) is 5.82 Å². The Labute approximate surface area is 190 Å². The van der Waals surface area contributed by atoms with Gasteiger partial charge in [0, 0.05) is 13.0 Å². The highest BCUT2D eigenvalue weighted by Gasteiger charge is 2.29. The number of hydrogen-bond donors (Lipinski definition) is 2. The second-order valence-electron chi connectivity index (χ2n) is 9.41. The Hall–Kier alpha value is -1.99. The van der Waals surface area contributed by atoms with Crippen LogP contribution in [0.2, 0.25) is 0 Å². The molecule has 1 aliphatic carbocycles. The molecule has 0 amide bonds. The maximum absolute atomic E-state index is 14.7. The van der Waals surface area contributed by atoms with Crippen LogP contribution in [0.1, 0.15) is 68.2 Å². The van der Waals surface area contributed by atoms with E-state index in [-0.39, 0.29) is 17.0 Å². The van der Waals surface area contributed by atoms with Crippen molar-refractivity contribution in [3.8, 4) is 0 Å². The largest absolute Gasteiger partial charge is 0.376 e. The highest BCUT2D eigenvalue weighted by molar-refractivity contribution is 7.92. The molecule has 0 radical (unpaired) electrons. The number of hydrogen-bond acceptors (Lipinski definition) is 3. The summed E-state index contributed by atoms with van der Waals surface area (Å²) in [6.07, 6.45) is 4.49. The fourth-order valence-electron chi connectivity index (χ4n) is 3.52. The Bertz CT molecular complexity index is 1050. The van der Waals surface area contributed by atoms with Gasteiger partial charge in [0.2, 0.25) is 10.0 Å². The fraction of sp³-hybridized carbons (Fsp3) is 0.458. The number of sulfonamides is 1. The van der Waals surface area contributed by atoms with Crippen molar-refractivity contribution in [3.05, 3.63) is 64.5 Å². The van der Waals surface area contributed by atoms with Crippen LogP contribution in [0.25, 0.3) is 0 Å². The molecule has 0 spiro atoms. The SMILES string of the molecule is CC(C)(C)c1ccc(CCC(=S)NCc2cc(F)c(NS(C)(=O)=O)c(C3CC3)c2)cc1. The van der Waals surface area contributed by atoms with Crippen molar-refractivity contribution in [2.24, 2.45) is 0 Å². The molecule has 7 heteroatoms. The van der Waals surface area contributed by atoms with Crippen molar-refractivity contribution in [2.75, 3.05) is 11.0 Å². The zero-order chi connectivity index (χ0) is 22.8. The smallest absolute Gasteiger partial charge is 0.229 e. The molecule has 0 heterocycles. The van der Waals surface area contributed by atoms with E-state index >= 15 is 0 Å². The molecule has 3 rings (SSSR count). The van der Waals surface area contributed by atoms with Crippen molar-refractivity contribution in [1.82, 2.24) is 5.32 Å². The van der Waals surface area contributed by atoms with Gasteiger partial charge in [-0.05, 0) is 58.9 Å². The lowest BCUT2D eigenvalue weighted by Crippen LogP contribution is -2.22. The van der Waals surface area contributed by atoms with Gasteiger partial charge in [-0.1, -0.05) is 63.3 Å². The molecular weight excluding hydrogens is 431 g/mol. The van der Waals surface area contributed by atoms with Gasteiger partial charge < -0.3 is 5.32 Å². The maximum atomic E-state index is 14.7. The monoisotopic (exact) mass is 462 g/mol. The molecule has 0 unspecified atom stereocenters. The summed E-state index contributed by atoms with van der Waals surface area (Å²) in [5.74, 6) is -0.335. The Balaban J connectivity index is 1.59. The molecule has 2 N–H and O–H groups in total. The van der Waals surface area contributed by atoms with Gasteiger partial charge in [-0.25, -0.2) is 12.8 Å². The molecule has 2 aromatic rings. The van der Waals surface area contributed by atoms with Crippen molar-refractivity contribution >= 4 is 32.9 Å². The van der Waals surface area contributed by atoms with E-state index in [9.17, 15) is 12.8 Å². The molecule has 1 saturated carbocycles. The van der Waals surface area contributed by atoms with Crippen LogP contribution < -0.4 is 10.0 Å². The quantitative estimate of drug-likeness (QED) is 0.514. The molecule has 0 atom stereocenters. The summed E-state index contributed by atoms with van der Waals surface area (Å²) in [6.45, 7) is 7.00. The first kappa shape index (κ1) is 23.7. The third-order valence-corrected chi connectivity index (χ3v) is 6.36. The van der Waals surface area contributed by atoms with Crippen LogP contribution in [0.3, 0.4) is 0 Å². The highest BCUT2D eigenvalue weighted by atomic mass is 32.2. The summed E-state index contributed by atoms with van der Waals surface area (Å²) in [5, 5.41) is 3.21. The summed E-state index contributed by atoms with van der Waals surface area (Å²) >= 11 is 5.47. The van der Waals surface area contributed by atoms with Gasteiger partial charge in [-0.3, -0.25) is 4.72 Å². The average Bonchev–Trinajstić information content (AvgIpc) is 3.50. The normalized spacial score (nSPS) is 14.4. The molecule has 0 bridgehead atoms. The van der Waals surface area contributed by atoms with E-state index in [4.69, 9.17) is 12.2 Å². The Morgan fingerprint density at radius 2 is 1.77 bits per heavy atom. The topological polar surface area (TPSA) is 58.2 Å². The van der Waals surface area contributed by atoms with Crippen LogP contribution in [0.4, 0.5) is 10.1 Å². The van der Waals surface area contributed by atoms with Crippen LogP contribution in [-0.4, -0.2) is 19.7 Å². The summed E-state index contributed by atoms with van der Waals surface area (Å²) in [7, 11) is -3.54. The maximum Gasteiger partial charge on any atom is 0.229 e. The molecule has 0 saturated heterocycles. The molecule has 2 aromatic carbocycles. The minimum atomic E-state index is -3.54. The highest BCUT2D eigenvalue weighted by Crippen LogP contribution is 2.44. The van der Waals surface area contributed by atoms with Crippen molar-refractivity contribution in [3.63, 3.8) is 0 Å². The number of aryl methyl sites for hydroxylation is 1. The first-order valence-corrected chi connectivity index (χ1v) is 12.9. The number of rotatable bonds is 8. The molecule has 1 aliphatic rings. The van der Waals surface area contributed by atoms with E-state index in [1.165, 1.54) is 17.2 Å². The zero-order valence-corrected chi connectivity index (χ0v) is 20.2. The molecular formula is C24H31FN2O2S2. The summed E-state index contributed by atoms with van der Waals surface area (Å²) < 4.78 is 40.2. The number of thiocarbonyl (C=S) groups is 1. The standard InChI is InChI=1S/C24H31FN2O2S2/c1-24(2,3)19-10-5-16(6-11-19)7-12-22(30)26-15-17-13-20(18-8-9-18)23(21(25)14-17)27-31(4,28)29/h5-6,10-11,13-14,18,27H,7-9,12,15H2,1-4H3,(H,26,30). The predicted octanol–water partition coefficient (Wildman–Crippen LogP) is 5.42. The summed E-state index contributed by atoms with van der Waals surface area (Å²) in [5.41, 5.74) is 4.24. The molecule has 4 nitrogen and oxygen atoms in total. The molecule has 0 aliphatic heterocycles. The predicted molar refractivity (Wildman–Crippen MR) is 130 cm³/mol. The van der Waals surface area contributed by atoms with Gasteiger partial charge in [-0.15, -0.1) is 0 Å². The molecule has 168 valence electrons. The van der Waals surface area contributed by atoms with Gasteiger partial charge in [0.25, 0.3) is 0 Å². The molecule has 31 heavy (non-hydrogen) atoms. The Morgan fingerprint density at radius 1 is 1.13 bits per heavy atom. The lowest BCUT2D eigenvalue weighted by Gasteiger charge is -2.19. The van der Waals surface area contributed by atoms with E-state index in [2.05, 4.69) is 55.1 Å². The summed E-state index contributed by atoms with van der Waals surface area (Å²) in [6, 6.07) is 11.9. The fourth-order valence-corrected chi connectivity index (χ4v) is 4.28. The van der Waals surface area contributed by atoms with E-state index in [1.54, 1.807) is 0 Å². The Kier molecular flexibility index (Phi) is 7.06. The van der Waals surface area contributed by atoms with Gasteiger partial charge in [0.05, 0.1) is 16.9 Å². The molecule has 0 aromatic heterocycles. The average molecular weight is 463 g/mol. The second kappa shape index (κ2) is 9.25. The van der Waals surface area contributed by atoms with E-state index in [0.29, 0.717) is 6.54 Å². The lowest BCUT2D eigenvalue weighted by molar-refractivity contribution is 0.590. The van der Waals surface area contributed by atoms with Crippen LogP contribution >= 0.6 is 12.2 Å². The van der Waals surface area contributed by atoms with Gasteiger partial charge in [-0.2, -0.15) is 0 Å². The van der Waals surface area contributed by atoms with Crippen LogP contribution in [-0.2, 0) is 28.4 Å². The van der Waals surface area contributed by atoms with Gasteiger partial charge >= 0.3 is 0 Å². The van der Waals surface area contributed by atoms with Crippen molar-refractivity contribution in [1.29, 1.82) is 0 Å². The number of halogens is 1. The number of anilines is 1. The van der Waals surface area contributed by atoms with Crippen molar-refractivity contribution < 1.29 is 12.8 Å². The summed E-state index contributed by atoms with van der Waals surface area (Å²) in [4.78, 5) is 0.728. The zero-order valence-electron chi connectivity index (χ0n) is 18.6. The van der Waals surface area contributed by atoms with E-state index in [1.807, 2.05) is 6.07 Å². The van der Waals surface area contributed by atoms with Crippen molar-refractivity contribution in [2.45, 2.75) is 64.3 Å². The van der Waals surface area contributed by atoms with Crippen LogP contribution in [0, 0.1) is 5.82 Å². The minimum absolute atomic E-state index is 0.0787. The van der Waals surface area contributed by atoms with Crippen LogP contribution in [0.5, 0.6) is 0 Å². The third-order valence-electron chi connectivity index (χ3n) is 5.44. The number of nitrogens with one attached hydrogen (secondary N) is 2. The second-order valence-corrected chi connectivity index (χ2v) is 11.7. The van der Waals surface area contributed by atoms with E-state index < -0.39 is 15.8 Å². The minimum Gasteiger partial charge on any atom is -0.376 e. The lowest BCUT2D eigenvalue weighted by atomic mass is 9.86. The third kappa shape index (κ3) is 7.01.